The number of aryl methyl sites for hydroxylation is 1. The first-order valence-corrected chi connectivity index (χ1v) is 14.0. The van der Waals surface area contributed by atoms with E-state index in [2.05, 4.69) is 73.9 Å². The molecule has 194 valence electrons. The van der Waals surface area contributed by atoms with E-state index in [0.717, 1.165) is 62.1 Å². The van der Waals surface area contributed by atoms with E-state index in [9.17, 15) is 0 Å². The molecule has 1 aromatic heterocycles. The predicted octanol–water partition coefficient (Wildman–Crippen LogP) is 5.95. The quantitative estimate of drug-likeness (QED) is 0.379. The van der Waals surface area contributed by atoms with Crippen LogP contribution in [-0.2, 0) is 5.41 Å². The fourth-order valence-corrected chi connectivity index (χ4v) is 5.97. The van der Waals surface area contributed by atoms with E-state index in [1.54, 1.807) is 0 Å². The molecule has 3 aromatic rings. The standard InChI is InChI=1S/C29H35ClN6S/c1-22-19-26(36-17-15-35(16-18-36)25-11-4-2-5-12-25)33-27(32-22)34-28(37)31-21-29(13-6-3-7-14-29)23-9-8-10-24(30)20-23/h2,4-5,8-12,19-20H,3,6-7,13-18,21H2,1H3,(H2,31,32,33,34,37). The summed E-state index contributed by atoms with van der Waals surface area (Å²) < 4.78 is 0. The average molecular weight is 535 g/mol. The Kier molecular flexibility index (Phi) is 8.11. The van der Waals surface area contributed by atoms with Crippen LogP contribution in [0, 0.1) is 6.92 Å². The van der Waals surface area contributed by atoms with E-state index < -0.39 is 0 Å². The van der Waals surface area contributed by atoms with Crippen LogP contribution < -0.4 is 20.4 Å². The van der Waals surface area contributed by atoms with Crippen LogP contribution in [0.15, 0.2) is 60.7 Å². The summed E-state index contributed by atoms with van der Waals surface area (Å²) in [5, 5.41) is 8.07. The summed E-state index contributed by atoms with van der Waals surface area (Å²) in [6.07, 6.45) is 5.98. The van der Waals surface area contributed by atoms with Gasteiger partial charge in [-0.3, -0.25) is 0 Å². The van der Waals surface area contributed by atoms with Gasteiger partial charge in [0, 0.05) is 60.6 Å². The molecule has 37 heavy (non-hydrogen) atoms. The van der Waals surface area contributed by atoms with Gasteiger partial charge in [0.25, 0.3) is 0 Å². The second-order valence-corrected chi connectivity index (χ2v) is 11.0. The lowest BCUT2D eigenvalue weighted by molar-refractivity contribution is 0.292. The van der Waals surface area contributed by atoms with Crippen molar-refractivity contribution in [2.75, 3.05) is 47.8 Å². The molecule has 2 N–H and O–H groups in total. The maximum atomic E-state index is 6.35. The van der Waals surface area contributed by atoms with Gasteiger partial charge in [-0.25, -0.2) is 4.98 Å². The Morgan fingerprint density at radius 2 is 1.65 bits per heavy atom. The van der Waals surface area contributed by atoms with Crippen molar-refractivity contribution in [3.8, 4) is 0 Å². The number of benzene rings is 2. The Labute approximate surface area is 230 Å². The van der Waals surface area contributed by atoms with Crippen LogP contribution >= 0.6 is 23.8 Å². The molecule has 0 radical (unpaired) electrons. The molecule has 2 fully saturated rings. The monoisotopic (exact) mass is 534 g/mol. The van der Waals surface area contributed by atoms with Gasteiger partial charge in [0.15, 0.2) is 5.11 Å². The highest BCUT2D eigenvalue weighted by Crippen LogP contribution is 2.39. The number of nitrogens with one attached hydrogen (secondary N) is 2. The molecule has 0 atom stereocenters. The van der Waals surface area contributed by atoms with Crippen LogP contribution in [-0.4, -0.2) is 47.8 Å². The number of nitrogens with zero attached hydrogens (tertiary/aromatic N) is 4. The largest absolute Gasteiger partial charge is 0.368 e. The number of para-hydroxylation sites is 1. The van der Waals surface area contributed by atoms with E-state index >= 15 is 0 Å². The molecular formula is C29H35ClN6S. The number of hydrogen-bond acceptors (Lipinski definition) is 5. The zero-order valence-electron chi connectivity index (χ0n) is 21.4. The third-order valence-electron chi connectivity index (χ3n) is 7.63. The van der Waals surface area contributed by atoms with Gasteiger partial charge in [-0.15, -0.1) is 0 Å². The highest BCUT2D eigenvalue weighted by molar-refractivity contribution is 7.80. The number of aromatic nitrogens is 2. The first-order chi connectivity index (χ1) is 18.0. The zero-order valence-corrected chi connectivity index (χ0v) is 23.0. The van der Waals surface area contributed by atoms with Gasteiger partial charge in [0.05, 0.1) is 0 Å². The van der Waals surface area contributed by atoms with Gasteiger partial charge in [-0.1, -0.05) is 61.2 Å². The normalized spacial score (nSPS) is 17.4. The fourth-order valence-electron chi connectivity index (χ4n) is 5.61. The number of anilines is 3. The van der Waals surface area contributed by atoms with Crippen molar-refractivity contribution in [1.29, 1.82) is 0 Å². The molecule has 2 heterocycles. The molecule has 1 saturated heterocycles. The number of halogens is 1. The van der Waals surface area contributed by atoms with Gasteiger partial charge in [0.2, 0.25) is 5.95 Å². The molecule has 1 aliphatic heterocycles. The number of thiocarbonyl (C=S) groups is 1. The smallest absolute Gasteiger partial charge is 0.231 e. The molecule has 2 aliphatic rings. The van der Waals surface area contributed by atoms with Crippen LogP contribution in [0.1, 0.15) is 43.4 Å². The summed E-state index contributed by atoms with van der Waals surface area (Å²) in [6, 6.07) is 20.9. The first kappa shape index (κ1) is 25.7. The van der Waals surface area contributed by atoms with Gasteiger partial charge < -0.3 is 20.4 Å². The number of hydrogen-bond donors (Lipinski definition) is 2. The van der Waals surface area contributed by atoms with Crippen molar-refractivity contribution in [3.05, 3.63) is 76.9 Å². The maximum Gasteiger partial charge on any atom is 0.231 e. The Bertz CT molecular complexity index is 1210. The van der Waals surface area contributed by atoms with Gasteiger partial charge in [-0.05, 0) is 61.8 Å². The van der Waals surface area contributed by atoms with Crippen LogP contribution in [0.25, 0.3) is 0 Å². The second kappa shape index (κ2) is 11.7. The van der Waals surface area contributed by atoms with Crippen LogP contribution in [0.5, 0.6) is 0 Å². The Morgan fingerprint density at radius 1 is 0.919 bits per heavy atom. The van der Waals surface area contributed by atoms with Crippen molar-refractivity contribution >= 4 is 46.4 Å². The lowest BCUT2D eigenvalue weighted by Gasteiger charge is -2.38. The molecule has 0 amide bonds. The minimum atomic E-state index is 0.0337. The molecule has 0 unspecified atom stereocenters. The van der Waals surface area contributed by atoms with Crippen molar-refractivity contribution < 1.29 is 0 Å². The summed E-state index contributed by atoms with van der Waals surface area (Å²) >= 11 is 12.0. The van der Waals surface area contributed by atoms with Crippen molar-refractivity contribution in [2.45, 2.75) is 44.4 Å². The Hall–Kier alpha value is -2.90. The molecule has 8 heteroatoms. The first-order valence-electron chi connectivity index (χ1n) is 13.2. The SMILES string of the molecule is Cc1cc(N2CCN(c3ccccc3)CC2)nc(NC(=S)NCC2(c3cccc(Cl)c3)CCCCC2)n1. The van der Waals surface area contributed by atoms with Crippen LogP contribution in [0.2, 0.25) is 5.02 Å². The van der Waals surface area contributed by atoms with Gasteiger partial charge in [-0.2, -0.15) is 4.98 Å². The summed E-state index contributed by atoms with van der Waals surface area (Å²) in [6.45, 7) is 6.51. The van der Waals surface area contributed by atoms with E-state index in [0.29, 0.717) is 11.1 Å². The Morgan fingerprint density at radius 3 is 2.38 bits per heavy atom. The summed E-state index contributed by atoms with van der Waals surface area (Å²) in [4.78, 5) is 14.2. The lowest BCUT2D eigenvalue weighted by Crippen LogP contribution is -2.47. The third kappa shape index (κ3) is 6.33. The predicted molar refractivity (Wildman–Crippen MR) is 158 cm³/mol. The molecule has 6 nitrogen and oxygen atoms in total. The number of rotatable bonds is 6. The topological polar surface area (TPSA) is 56.3 Å². The minimum absolute atomic E-state index is 0.0337. The van der Waals surface area contributed by atoms with Crippen molar-refractivity contribution in [1.82, 2.24) is 15.3 Å². The molecule has 1 aliphatic carbocycles. The van der Waals surface area contributed by atoms with E-state index in [1.807, 2.05) is 19.1 Å². The van der Waals surface area contributed by atoms with Crippen molar-refractivity contribution in [2.24, 2.45) is 0 Å². The second-order valence-electron chi connectivity index (χ2n) is 10.2. The van der Waals surface area contributed by atoms with Gasteiger partial charge >= 0.3 is 0 Å². The third-order valence-corrected chi connectivity index (χ3v) is 8.11. The van der Waals surface area contributed by atoms with E-state index in [-0.39, 0.29) is 5.41 Å². The summed E-state index contributed by atoms with van der Waals surface area (Å²) in [7, 11) is 0. The molecule has 0 bridgehead atoms. The minimum Gasteiger partial charge on any atom is -0.368 e. The van der Waals surface area contributed by atoms with Crippen molar-refractivity contribution in [3.63, 3.8) is 0 Å². The highest BCUT2D eigenvalue weighted by Gasteiger charge is 2.34. The average Bonchev–Trinajstić information content (AvgIpc) is 2.93. The maximum absolute atomic E-state index is 6.35. The van der Waals surface area contributed by atoms with E-state index in [4.69, 9.17) is 28.8 Å². The summed E-state index contributed by atoms with van der Waals surface area (Å²) in [5.74, 6) is 1.48. The molecule has 2 aromatic carbocycles. The fraction of sp³-hybridized carbons (Fsp3) is 0.414. The van der Waals surface area contributed by atoms with Crippen LogP contribution in [0.3, 0.4) is 0 Å². The van der Waals surface area contributed by atoms with Crippen LogP contribution in [0.4, 0.5) is 17.5 Å². The van der Waals surface area contributed by atoms with E-state index in [1.165, 1.54) is 30.5 Å². The number of piperazine rings is 1. The lowest BCUT2D eigenvalue weighted by atomic mass is 9.69. The molecule has 5 rings (SSSR count). The molecule has 1 saturated carbocycles. The zero-order chi connectivity index (χ0) is 25.7. The van der Waals surface area contributed by atoms with Gasteiger partial charge in [0.1, 0.15) is 5.82 Å². The highest BCUT2D eigenvalue weighted by atomic mass is 35.5. The Balaban J connectivity index is 1.22. The molecule has 0 spiro atoms. The molecular weight excluding hydrogens is 500 g/mol. The summed E-state index contributed by atoms with van der Waals surface area (Å²) in [5.41, 5.74) is 3.52.